The molecule has 7 nitrogen and oxygen atoms in total. The largest absolute Gasteiger partial charge is 0.351 e. The second-order valence-corrected chi connectivity index (χ2v) is 7.13. The van der Waals surface area contributed by atoms with Crippen LogP contribution in [0.4, 0.5) is 0 Å². The molecule has 0 bridgehead atoms. The summed E-state index contributed by atoms with van der Waals surface area (Å²) in [5.74, 6) is 0.110. The first-order chi connectivity index (χ1) is 11.4. The van der Waals surface area contributed by atoms with Gasteiger partial charge < -0.3 is 19.5 Å². The van der Waals surface area contributed by atoms with Crippen LogP contribution in [0.25, 0.3) is 0 Å². The summed E-state index contributed by atoms with van der Waals surface area (Å²) in [6.07, 6.45) is 0.904. The normalized spacial score (nSPS) is 31.7. The van der Waals surface area contributed by atoms with E-state index >= 15 is 0 Å². The Labute approximate surface area is 139 Å². The first-order valence-electron chi connectivity index (χ1n) is 8.40. The maximum Gasteiger partial charge on any atom is 0.270 e. The number of rotatable bonds is 2. The van der Waals surface area contributed by atoms with E-state index in [1.54, 1.807) is 17.0 Å². The minimum Gasteiger partial charge on any atom is -0.351 e. The Balaban J connectivity index is 1.66. The zero-order valence-electron chi connectivity index (χ0n) is 13.8. The number of hydrogen-bond acceptors (Lipinski definition) is 4. The minimum atomic E-state index is -0.684. The Morgan fingerprint density at radius 1 is 1.38 bits per heavy atom. The molecule has 1 aromatic heterocycles. The number of nitrogens with zero attached hydrogens (tertiary/aromatic N) is 2. The number of likely N-dealkylation sites (tertiary alicyclic amines) is 1. The van der Waals surface area contributed by atoms with Gasteiger partial charge in [0.15, 0.2) is 5.72 Å². The Morgan fingerprint density at radius 2 is 2.17 bits per heavy atom. The van der Waals surface area contributed by atoms with E-state index in [1.807, 2.05) is 4.90 Å². The van der Waals surface area contributed by atoms with Gasteiger partial charge in [-0.25, -0.2) is 0 Å². The van der Waals surface area contributed by atoms with E-state index in [0.29, 0.717) is 25.5 Å². The van der Waals surface area contributed by atoms with Crippen molar-refractivity contribution >= 4 is 11.8 Å². The van der Waals surface area contributed by atoms with Gasteiger partial charge in [0.25, 0.3) is 5.91 Å². The lowest BCUT2D eigenvalue weighted by Gasteiger charge is -2.34. The maximum absolute atomic E-state index is 12.8. The van der Waals surface area contributed by atoms with Crippen LogP contribution in [0.2, 0.25) is 0 Å². The summed E-state index contributed by atoms with van der Waals surface area (Å²) in [5.41, 5.74) is -0.740. The highest BCUT2D eigenvalue weighted by Gasteiger charge is 2.65. The molecular formula is C17H21N3O4. The van der Waals surface area contributed by atoms with Crippen molar-refractivity contribution in [3.63, 3.8) is 0 Å². The van der Waals surface area contributed by atoms with Crippen LogP contribution in [0, 0.1) is 5.92 Å². The molecule has 4 rings (SSSR count). The first kappa shape index (κ1) is 15.4. The Kier molecular flexibility index (Phi) is 3.32. The summed E-state index contributed by atoms with van der Waals surface area (Å²) in [6.45, 7) is 5.21. The van der Waals surface area contributed by atoms with Crippen molar-refractivity contribution in [1.82, 2.24) is 14.8 Å². The van der Waals surface area contributed by atoms with Gasteiger partial charge >= 0.3 is 0 Å². The van der Waals surface area contributed by atoms with Crippen LogP contribution in [0.1, 0.15) is 37.2 Å². The van der Waals surface area contributed by atoms with Crippen LogP contribution in [-0.4, -0.2) is 57.6 Å². The maximum atomic E-state index is 12.8. The molecule has 1 aromatic rings. The van der Waals surface area contributed by atoms with Gasteiger partial charge in [-0.1, -0.05) is 19.9 Å². The summed E-state index contributed by atoms with van der Waals surface area (Å²) >= 11 is 0. The summed E-state index contributed by atoms with van der Waals surface area (Å²) in [5, 5.41) is 0. The summed E-state index contributed by atoms with van der Waals surface area (Å²) in [7, 11) is 0. The fraction of sp³-hybridized carbons (Fsp3) is 0.588. The second-order valence-electron chi connectivity index (χ2n) is 7.13. The van der Waals surface area contributed by atoms with Crippen LogP contribution in [-0.2, 0) is 9.53 Å². The number of aromatic amines is 1. The average molecular weight is 331 g/mol. The van der Waals surface area contributed by atoms with Crippen LogP contribution >= 0.6 is 0 Å². The number of carbonyl (C=O) groups excluding carboxylic acids is 2. The van der Waals surface area contributed by atoms with Crippen molar-refractivity contribution in [1.29, 1.82) is 0 Å². The third kappa shape index (κ3) is 1.97. The van der Waals surface area contributed by atoms with Crippen molar-refractivity contribution in [2.75, 3.05) is 13.2 Å². The average Bonchev–Trinajstić information content (AvgIpc) is 3.16. The monoisotopic (exact) mass is 331 g/mol. The molecule has 3 saturated heterocycles. The number of amides is 2. The topological polar surface area (TPSA) is 82.7 Å². The predicted molar refractivity (Wildman–Crippen MR) is 85.3 cm³/mol. The third-order valence-electron chi connectivity index (χ3n) is 5.52. The number of H-pyrrole nitrogens is 1. The van der Waals surface area contributed by atoms with Gasteiger partial charge in [0.2, 0.25) is 11.5 Å². The van der Waals surface area contributed by atoms with Crippen molar-refractivity contribution < 1.29 is 14.3 Å². The molecule has 3 aliphatic heterocycles. The molecule has 0 aromatic carbocycles. The zero-order valence-corrected chi connectivity index (χ0v) is 13.8. The van der Waals surface area contributed by atoms with E-state index in [0.717, 1.165) is 0 Å². The van der Waals surface area contributed by atoms with Gasteiger partial charge in [-0.2, -0.15) is 0 Å². The van der Waals surface area contributed by atoms with E-state index in [2.05, 4.69) is 18.8 Å². The minimum absolute atomic E-state index is 0.0512. The molecule has 3 fully saturated rings. The van der Waals surface area contributed by atoms with Gasteiger partial charge in [-0.05, 0) is 12.0 Å². The molecule has 0 saturated carbocycles. The van der Waals surface area contributed by atoms with Crippen LogP contribution in [0.5, 0.6) is 0 Å². The van der Waals surface area contributed by atoms with Crippen molar-refractivity contribution in [3.05, 3.63) is 34.2 Å². The Hall–Kier alpha value is -2.15. The first-order valence-corrected chi connectivity index (χ1v) is 8.40. The number of carbonyl (C=O) groups is 2. The van der Waals surface area contributed by atoms with Gasteiger partial charge in [0, 0.05) is 19.0 Å². The Bertz CT molecular complexity index is 758. The van der Waals surface area contributed by atoms with Gasteiger partial charge in [-0.3, -0.25) is 14.4 Å². The summed E-state index contributed by atoms with van der Waals surface area (Å²) < 4.78 is 6.11. The van der Waals surface area contributed by atoms with Gasteiger partial charge in [0.1, 0.15) is 5.69 Å². The number of hydrogen-bond donors (Lipinski definition) is 1. The van der Waals surface area contributed by atoms with Crippen LogP contribution in [0.15, 0.2) is 23.0 Å². The van der Waals surface area contributed by atoms with Crippen LogP contribution < -0.4 is 5.56 Å². The molecule has 24 heavy (non-hydrogen) atoms. The fourth-order valence-corrected chi connectivity index (χ4v) is 4.34. The van der Waals surface area contributed by atoms with Gasteiger partial charge in [-0.15, -0.1) is 0 Å². The van der Waals surface area contributed by atoms with E-state index < -0.39 is 5.72 Å². The number of nitrogens with one attached hydrogen (secondary N) is 1. The van der Waals surface area contributed by atoms with Crippen LogP contribution in [0.3, 0.4) is 0 Å². The van der Waals surface area contributed by atoms with E-state index in [4.69, 9.17) is 4.74 Å². The highest BCUT2D eigenvalue weighted by Crippen LogP contribution is 2.49. The molecule has 4 heterocycles. The van der Waals surface area contributed by atoms with E-state index in [-0.39, 0.29) is 41.6 Å². The molecule has 0 unspecified atom stereocenters. The molecule has 2 amide bonds. The molecule has 3 atom stereocenters. The predicted octanol–water partition coefficient (Wildman–Crippen LogP) is 0.573. The van der Waals surface area contributed by atoms with Gasteiger partial charge in [0.05, 0.1) is 25.1 Å². The van der Waals surface area contributed by atoms with Crippen molar-refractivity contribution in [2.24, 2.45) is 5.92 Å². The lowest BCUT2D eigenvalue weighted by molar-refractivity contribution is -0.139. The molecule has 0 radical (unpaired) electrons. The Morgan fingerprint density at radius 3 is 2.88 bits per heavy atom. The second kappa shape index (κ2) is 5.17. The number of ether oxygens (including phenoxy) is 1. The standard InChI is InChI=1S/C17H21N3O4/c1-10(2)12-9-24-17-6-7-19(13(17)8-15(22)20(12)17)16(23)11-4-3-5-14(21)18-11/h3-5,10,12-13H,6-9H2,1-2H3,(H,18,21)/t12-,13+,17-/m0/s1. The lowest BCUT2D eigenvalue weighted by Crippen LogP contribution is -2.51. The highest BCUT2D eigenvalue weighted by atomic mass is 16.5. The SMILES string of the molecule is CC(C)[C@@H]1CO[C@@]23CCN(C(=O)c4cccc(=O)[nH]4)[C@@H]2CC(=O)N13. The summed E-state index contributed by atoms with van der Waals surface area (Å²) in [4.78, 5) is 43.0. The molecule has 128 valence electrons. The fourth-order valence-electron chi connectivity index (χ4n) is 4.34. The van der Waals surface area contributed by atoms with Crippen molar-refractivity contribution in [2.45, 2.75) is 44.5 Å². The van der Waals surface area contributed by atoms with E-state index in [1.165, 1.54) is 6.07 Å². The zero-order chi connectivity index (χ0) is 17.1. The smallest absolute Gasteiger partial charge is 0.270 e. The molecular weight excluding hydrogens is 310 g/mol. The molecule has 7 heteroatoms. The van der Waals surface area contributed by atoms with E-state index in [9.17, 15) is 14.4 Å². The molecule has 3 aliphatic rings. The molecule has 1 spiro atoms. The third-order valence-corrected chi connectivity index (χ3v) is 5.52. The molecule has 1 N–H and O–H groups in total. The number of pyridine rings is 1. The lowest BCUT2D eigenvalue weighted by atomic mass is 10.0. The quantitative estimate of drug-likeness (QED) is 0.859. The summed E-state index contributed by atoms with van der Waals surface area (Å²) in [6, 6.07) is 4.30. The van der Waals surface area contributed by atoms with Crippen molar-refractivity contribution in [3.8, 4) is 0 Å². The molecule has 0 aliphatic carbocycles. The highest BCUT2D eigenvalue weighted by molar-refractivity contribution is 5.94. The number of aromatic nitrogens is 1.